The fourth-order valence-electron chi connectivity index (χ4n) is 2.23. The summed E-state index contributed by atoms with van der Waals surface area (Å²) in [5, 5.41) is 14.7. The Labute approximate surface area is 108 Å². The molecule has 1 rings (SSSR count). The van der Waals surface area contributed by atoms with Gasteiger partial charge in [0.15, 0.2) is 0 Å². The third-order valence-electron chi connectivity index (χ3n) is 3.71. The van der Waals surface area contributed by atoms with E-state index < -0.39 is 11.9 Å². The fourth-order valence-corrected chi connectivity index (χ4v) is 2.23. The van der Waals surface area contributed by atoms with E-state index in [4.69, 9.17) is 5.11 Å². The molecule has 1 aliphatic rings. The molecule has 1 aliphatic carbocycles. The molecule has 1 saturated carbocycles. The average Bonchev–Trinajstić information content (AvgIpc) is 2.36. The number of carbonyl (C=O) groups excluding carboxylic acids is 1. The van der Waals surface area contributed by atoms with Gasteiger partial charge in [0, 0.05) is 12.6 Å². The molecule has 5 heteroatoms. The molecule has 0 radical (unpaired) electrons. The minimum Gasteiger partial charge on any atom is -0.481 e. The summed E-state index contributed by atoms with van der Waals surface area (Å²) in [5.41, 5.74) is 0. The van der Waals surface area contributed by atoms with Gasteiger partial charge in [-0.1, -0.05) is 33.1 Å². The molecule has 2 amide bonds. The number of aliphatic carboxylic acids is 1. The molecule has 0 spiro atoms. The van der Waals surface area contributed by atoms with Crippen LogP contribution in [0.2, 0.25) is 0 Å². The first-order valence-corrected chi connectivity index (χ1v) is 6.81. The largest absolute Gasteiger partial charge is 0.481 e. The smallest absolute Gasteiger partial charge is 0.315 e. The summed E-state index contributed by atoms with van der Waals surface area (Å²) in [6.07, 6.45) is 4.35. The Morgan fingerprint density at radius 2 is 2.00 bits per heavy atom. The number of hydrogen-bond donors (Lipinski definition) is 3. The Morgan fingerprint density at radius 1 is 1.33 bits per heavy atom. The van der Waals surface area contributed by atoms with Crippen LogP contribution in [-0.4, -0.2) is 29.7 Å². The highest BCUT2D eigenvalue weighted by molar-refractivity contribution is 5.76. The zero-order chi connectivity index (χ0) is 13.5. The van der Waals surface area contributed by atoms with Crippen molar-refractivity contribution >= 4 is 12.0 Å². The predicted octanol–water partition coefficient (Wildman–Crippen LogP) is 1.98. The molecule has 104 valence electrons. The molecule has 0 aliphatic heterocycles. The number of amides is 2. The number of carboxylic acids is 1. The van der Waals surface area contributed by atoms with Crippen molar-refractivity contribution in [2.24, 2.45) is 11.8 Å². The van der Waals surface area contributed by atoms with Crippen molar-refractivity contribution in [1.29, 1.82) is 0 Å². The molecule has 0 saturated heterocycles. The molecule has 1 fully saturated rings. The Kier molecular flexibility index (Phi) is 5.95. The Balaban J connectivity index is 2.39. The van der Waals surface area contributed by atoms with Gasteiger partial charge in [0.05, 0.1) is 5.92 Å². The standard InChI is InChI=1S/C13H24N2O3/c1-3-9(2)8-14-13(18)15-11-7-5-4-6-10(11)12(16)17/h9-11H,3-8H2,1-2H3,(H,16,17)(H2,14,15,18). The van der Waals surface area contributed by atoms with Crippen molar-refractivity contribution in [3.63, 3.8) is 0 Å². The van der Waals surface area contributed by atoms with E-state index in [-0.39, 0.29) is 12.1 Å². The molecular weight excluding hydrogens is 232 g/mol. The van der Waals surface area contributed by atoms with Gasteiger partial charge in [-0.05, 0) is 18.8 Å². The Hall–Kier alpha value is -1.26. The maximum atomic E-state index is 11.7. The van der Waals surface area contributed by atoms with Gasteiger partial charge < -0.3 is 15.7 Å². The number of nitrogens with one attached hydrogen (secondary N) is 2. The highest BCUT2D eigenvalue weighted by Crippen LogP contribution is 2.24. The number of urea groups is 1. The third kappa shape index (κ3) is 4.55. The highest BCUT2D eigenvalue weighted by atomic mass is 16.4. The van der Waals surface area contributed by atoms with Crippen LogP contribution in [-0.2, 0) is 4.79 Å². The van der Waals surface area contributed by atoms with Crippen molar-refractivity contribution in [1.82, 2.24) is 10.6 Å². The Bertz CT molecular complexity index is 294. The van der Waals surface area contributed by atoms with Crippen molar-refractivity contribution in [2.45, 2.75) is 52.0 Å². The van der Waals surface area contributed by atoms with Gasteiger partial charge in [0.2, 0.25) is 0 Å². The second-order valence-electron chi connectivity index (χ2n) is 5.20. The molecule has 3 atom stereocenters. The lowest BCUT2D eigenvalue weighted by atomic mass is 9.84. The number of rotatable bonds is 5. The van der Waals surface area contributed by atoms with E-state index in [0.717, 1.165) is 25.7 Å². The number of carboxylic acid groups (broad SMARTS) is 1. The first-order valence-electron chi connectivity index (χ1n) is 6.81. The Morgan fingerprint density at radius 3 is 2.61 bits per heavy atom. The van der Waals surface area contributed by atoms with Crippen LogP contribution in [0.5, 0.6) is 0 Å². The summed E-state index contributed by atoms with van der Waals surface area (Å²) in [5.74, 6) is -0.799. The maximum Gasteiger partial charge on any atom is 0.315 e. The summed E-state index contributed by atoms with van der Waals surface area (Å²) in [6, 6.07) is -0.471. The van der Waals surface area contributed by atoms with Crippen molar-refractivity contribution in [2.75, 3.05) is 6.54 Å². The molecule has 3 unspecified atom stereocenters. The molecular formula is C13H24N2O3. The van der Waals surface area contributed by atoms with Crippen LogP contribution < -0.4 is 10.6 Å². The monoisotopic (exact) mass is 256 g/mol. The van der Waals surface area contributed by atoms with Crippen molar-refractivity contribution in [3.05, 3.63) is 0 Å². The fraction of sp³-hybridized carbons (Fsp3) is 0.846. The van der Waals surface area contributed by atoms with Crippen LogP contribution in [0.15, 0.2) is 0 Å². The number of hydrogen-bond acceptors (Lipinski definition) is 2. The van der Waals surface area contributed by atoms with Crippen LogP contribution in [0.1, 0.15) is 46.0 Å². The summed E-state index contributed by atoms with van der Waals surface area (Å²) >= 11 is 0. The van der Waals surface area contributed by atoms with E-state index in [1.54, 1.807) is 0 Å². The number of carbonyl (C=O) groups is 2. The van der Waals surface area contributed by atoms with Crippen LogP contribution in [0.3, 0.4) is 0 Å². The lowest BCUT2D eigenvalue weighted by molar-refractivity contribution is -0.143. The predicted molar refractivity (Wildman–Crippen MR) is 69.4 cm³/mol. The van der Waals surface area contributed by atoms with E-state index >= 15 is 0 Å². The SMILES string of the molecule is CCC(C)CNC(=O)NC1CCCCC1C(=O)O. The summed E-state index contributed by atoms with van der Waals surface area (Å²) < 4.78 is 0. The van der Waals surface area contributed by atoms with E-state index in [9.17, 15) is 9.59 Å². The van der Waals surface area contributed by atoms with Crippen LogP contribution >= 0.6 is 0 Å². The van der Waals surface area contributed by atoms with Gasteiger partial charge in [-0.2, -0.15) is 0 Å². The van der Waals surface area contributed by atoms with E-state index in [1.165, 1.54) is 0 Å². The van der Waals surface area contributed by atoms with Crippen molar-refractivity contribution in [3.8, 4) is 0 Å². The summed E-state index contributed by atoms with van der Waals surface area (Å²) in [4.78, 5) is 22.8. The van der Waals surface area contributed by atoms with Gasteiger partial charge in [0.25, 0.3) is 0 Å². The normalized spacial score (nSPS) is 25.2. The summed E-state index contributed by atoms with van der Waals surface area (Å²) in [7, 11) is 0. The van der Waals surface area contributed by atoms with Gasteiger partial charge >= 0.3 is 12.0 Å². The molecule has 18 heavy (non-hydrogen) atoms. The topological polar surface area (TPSA) is 78.4 Å². The van der Waals surface area contributed by atoms with Gasteiger partial charge in [-0.15, -0.1) is 0 Å². The third-order valence-corrected chi connectivity index (χ3v) is 3.71. The second kappa shape index (κ2) is 7.24. The minimum atomic E-state index is -0.804. The van der Waals surface area contributed by atoms with Gasteiger partial charge in [-0.3, -0.25) is 4.79 Å². The average molecular weight is 256 g/mol. The molecule has 0 aromatic carbocycles. The zero-order valence-corrected chi connectivity index (χ0v) is 11.2. The van der Waals surface area contributed by atoms with Crippen LogP contribution in [0.4, 0.5) is 4.79 Å². The molecule has 0 aromatic rings. The first-order chi connectivity index (χ1) is 8.54. The molecule has 0 bridgehead atoms. The maximum absolute atomic E-state index is 11.7. The van der Waals surface area contributed by atoms with E-state index in [1.807, 2.05) is 0 Å². The molecule has 0 heterocycles. The summed E-state index contributed by atoms with van der Waals surface area (Å²) in [6.45, 7) is 4.78. The molecule has 0 aromatic heterocycles. The van der Waals surface area contributed by atoms with Crippen LogP contribution in [0.25, 0.3) is 0 Å². The van der Waals surface area contributed by atoms with Gasteiger partial charge in [-0.25, -0.2) is 4.79 Å². The lowest BCUT2D eigenvalue weighted by Gasteiger charge is -2.29. The van der Waals surface area contributed by atoms with Gasteiger partial charge in [0.1, 0.15) is 0 Å². The molecule has 5 nitrogen and oxygen atoms in total. The highest BCUT2D eigenvalue weighted by Gasteiger charge is 2.31. The first kappa shape index (κ1) is 14.8. The van der Waals surface area contributed by atoms with Crippen LogP contribution in [0, 0.1) is 11.8 Å². The second-order valence-corrected chi connectivity index (χ2v) is 5.20. The lowest BCUT2D eigenvalue weighted by Crippen LogP contribution is -2.49. The minimum absolute atomic E-state index is 0.229. The zero-order valence-electron chi connectivity index (χ0n) is 11.2. The molecule has 3 N–H and O–H groups in total. The quantitative estimate of drug-likeness (QED) is 0.703. The van der Waals surface area contributed by atoms with E-state index in [2.05, 4.69) is 24.5 Å². The van der Waals surface area contributed by atoms with Crippen molar-refractivity contribution < 1.29 is 14.7 Å². The van der Waals surface area contributed by atoms with E-state index in [0.29, 0.717) is 18.9 Å².